The van der Waals surface area contributed by atoms with E-state index in [9.17, 15) is 9.18 Å². The molecule has 2 unspecified atom stereocenters. The lowest BCUT2D eigenvalue weighted by Crippen LogP contribution is -2.42. The molecule has 2 aromatic rings. The molecule has 6 heteroatoms. The van der Waals surface area contributed by atoms with Gasteiger partial charge in [-0.2, -0.15) is 11.8 Å². The fraction of sp³-hybridized carbons (Fsp3) is 0.350. The molecule has 26 heavy (non-hydrogen) atoms. The molecule has 0 spiro atoms. The van der Waals surface area contributed by atoms with Gasteiger partial charge in [0.2, 0.25) is 5.91 Å². The number of halogens is 2. The maximum atomic E-state index is 13.4. The molecule has 1 amide bonds. The number of rotatable bonds is 5. The lowest BCUT2D eigenvalue weighted by molar-refractivity contribution is -0.131. The third-order valence-corrected chi connectivity index (χ3v) is 5.95. The van der Waals surface area contributed by atoms with E-state index in [1.54, 1.807) is 24.1 Å². The number of amides is 1. The molecule has 0 saturated carbocycles. The molecule has 1 aliphatic heterocycles. The first-order chi connectivity index (χ1) is 12.5. The monoisotopic (exact) mass is 392 g/mol. The average Bonchev–Trinajstić information content (AvgIpc) is 2.65. The molecular formula is C20H22ClFN2OS. The highest BCUT2D eigenvalue weighted by molar-refractivity contribution is 7.99. The van der Waals surface area contributed by atoms with Crippen LogP contribution < -0.4 is 5.32 Å². The van der Waals surface area contributed by atoms with E-state index in [2.05, 4.69) is 5.32 Å². The molecular weight excluding hydrogens is 371 g/mol. The zero-order valence-electron chi connectivity index (χ0n) is 14.6. The summed E-state index contributed by atoms with van der Waals surface area (Å²) in [6.07, 6.45) is 0.453. The molecule has 0 aromatic heterocycles. The molecule has 1 aliphatic rings. The Morgan fingerprint density at radius 2 is 1.85 bits per heavy atom. The van der Waals surface area contributed by atoms with Gasteiger partial charge >= 0.3 is 0 Å². The van der Waals surface area contributed by atoms with Crippen molar-refractivity contribution in [3.8, 4) is 0 Å². The fourth-order valence-corrected chi connectivity index (χ4v) is 4.25. The van der Waals surface area contributed by atoms with Crippen LogP contribution in [0.5, 0.6) is 0 Å². The van der Waals surface area contributed by atoms with E-state index in [4.69, 9.17) is 11.6 Å². The molecule has 1 saturated heterocycles. The van der Waals surface area contributed by atoms with E-state index in [1.165, 1.54) is 12.1 Å². The van der Waals surface area contributed by atoms with Crippen molar-refractivity contribution in [1.29, 1.82) is 0 Å². The summed E-state index contributed by atoms with van der Waals surface area (Å²) in [4.78, 5) is 14.7. The summed E-state index contributed by atoms with van der Waals surface area (Å²) >= 11 is 7.88. The lowest BCUT2D eigenvalue weighted by atomic mass is 9.97. The number of carbonyl (C=O) groups excluding carboxylic acids is 1. The number of hydrogen-bond acceptors (Lipinski definition) is 3. The predicted octanol–water partition coefficient (Wildman–Crippen LogP) is 4.12. The SMILES string of the molecule is CN(C(=O)CC1CSCCN1)C(c1ccc(F)cc1)c1ccc(Cl)cc1. The molecule has 1 N–H and O–H groups in total. The normalized spacial score (nSPS) is 18.3. The van der Waals surface area contributed by atoms with Gasteiger partial charge in [-0.25, -0.2) is 4.39 Å². The molecule has 2 atom stereocenters. The van der Waals surface area contributed by atoms with Crippen LogP contribution in [0.15, 0.2) is 48.5 Å². The van der Waals surface area contributed by atoms with E-state index in [-0.39, 0.29) is 23.8 Å². The zero-order valence-corrected chi connectivity index (χ0v) is 16.2. The van der Waals surface area contributed by atoms with Crippen LogP contribution in [-0.4, -0.2) is 41.9 Å². The minimum atomic E-state index is -0.291. The summed E-state index contributed by atoms with van der Waals surface area (Å²) in [5, 5.41) is 4.05. The van der Waals surface area contributed by atoms with Crippen LogP contribution in [0.3, 0.4) is 0 Å². The second-order valence-corrected chi connectivity index (χ2v) is 8.03. The van der Waals surface area contributed by atoms with Crippen molar-refractivity contribution >= 4 is 29.3 Å². The quantitative estimate of drug-likeness (QED) is 0.830. The molecule has 2 aromatic carbocycles. The summed E-state index contributed by atoms with van der Waals surface area (Å²) in [5.74, 6) is 1.81. The minimum Gasteiger partial charge on any atom is -0.335 e. The summed E-state index contributed by atoms with van der Waals surface area (Å²) in [6, 6.07) is 13.7. The molecule has 3 rings (SSSR count). The Kier molecular flexibility index (Phi) is 6.57. The largest absolute Gasteiger partial charge is 0.335 e. The smallest absolute Gasteiger partial charge is 0.224 e. The van der Waals surface area contributed by atoms with E-state index in [0.717, 1.165) is 29.2 Å². The molecule has 3 nitrogen and oxygen atoms in total. The maximum absolute atomic E-state index is 13.4. The van der Waals surface area contributed by atoms with Gasteiger partial charge in [-0.3, -0.25) is 4.79 Å². The topological polar surface area (TPSA) is 32.3 Å². The van der Waals surface area contributed by atoms with Crippen molar-refractivity contribution in [1.82, 2.24) is 10.2 Å². The first kappa shape index (κ1) is 19.2. The highest BCUT2D eigenvalue weighted by Gasteiger charge is 2.26. The van der Waals surface area contributed by atoms with Crippen molar-refractivity contribution in [3.63, 3.8) is 0 Å². The highest BCUT2D eigenvalue weighted by atomic mass is 35.5. The molecule has 1 heterocycles. The average molecular weight is 393 g/mol. The van der Waals surface area contributed by atoms with Crippen LogP contribution in [0.1, 0.15) is 23.6 Å². The second-order valence-electron chi connectivity index (χ2n) is 6.44. The van der Waals surface area contributed by atoms with Crippen molar-refractivity contribution in [3.05, 3.63) is 70.5 Å². The number of nitrogens with one attached hydrogen (secondary N) is 1. The van der Waals surface area contributed by atoms with Crippen molar-refractivity contribution in [2.45, 2.75) is 18.5 Å². The van der Waals surface area contributed by atoms with Crippen LogP contribution in [0.4, 0.5) is 4.39 Å². The van der Waals surface area contributed by atoms with Crippen LogP contribution in [0.25, 0.3) is 0 Å². The summed E-state index contributed by atoms with van der Waals surface area (Å²) in [7, 11) is 1.81. The lowest BCUT2D eigenvalue weighted by Gasteiger charge is -2.31. The fourth-order valence-electron chi connectivity index (χ4n) is 3.18. The summed E-state index contributed by atoms with van der Waals surface area (Å²) in [5.41, 5.74) is 1.82. The molecule has 0 aliphatic carbocycles. The van der Waals surface area contributed by atoms with Gasteiger partial charge in [0, 0.05) is 42.6 Å². The Morgan fingerprint density at radius 3 is 2.42 bits per heavy atom. The molecule has 1 fully saturated rings. The molecule has 0 bridgehead atoms. The van der Waals surface area contributed by atoms with Crippen molar-refractivity contribution in [2.75, 3.05) is 25.1 Å². The minimum absolute atomic E-state index is 0.0641. The van der Waals surface area contributed by atoms with Crippen LogP contribution in [0.2, 0.25) is 5.02 Å². The van der Waals surface area contributed by atoms with Gasteiger partial charge < -0.3 is 10.2 Å². The van der Waals surface area contributed by atoms with Gasteiger partial charge in [-0.15, -0.1) is 0 Å². The number of thioether (sulfide) groups is 1. The van der Waals surface area contributed by atoms with Gasteiger partial charge in [-0.05, 0) is 35.4 Å². The van der Waals surface area contributed by atoms with Crippen LogP contribution in [0, 0.1) is 5.82 Å². The molecule has 138 valence electrons. The standard InChI is InChI=1S/C20H22ClFN2OS/c1-24(19(25)12-18-13-26-11-10-23-18)20(14-2-6-16(21)7-3-14)15-4-8-17(22)9-5-15/h2-9,18,20,23H,10-13H2,1H3. The number of carbonyl (C=O) groups is 1. The summed E-state index contributed by atoms with van der Waals surface area (Å²) < 4.78 is 13.4. The van der Waals surface area contributed by atoms with Gasteiger partial charge in [0.1, 0.15) is 5.82 Å². The maximum Gasteiger partial charge on any atom is 0.224 e. The first-order valence-electron chi connectivity index (χ1n) is 8.62. The van der Waals surface area contributed by atoms with Gasteiger partial charge in [0.25, 0.3) is 0 Å². The highest BCUT2D eigenvalue weighted by Crippen LogP contribution is 2.29. The Hall–Kier alpha value is -1.56. The first-order valence-corrected chi connectivity index (χ1v) is 10.2. The number of nitrogens with zero attached hydrogens (tertiary/aromatic N) is 1. The Bertz CT molecular complexity index is 687. The van der Waals surface area contributed by atoms with Gasteiger partial charge in [0.15, 0.2) is 0 Å². The van der Waals surface area contributed by atoms with Crippen molar-refractivity contribution < 1.29 is 9.18 Å². The van der Waals surface area contributed by atoms with E-state index in [0.29, 0.717) is 11.4 Å². The summed E-state index contributed by atoms with van der Waals surface area (Å²) in [6.45, 7) is 0.935. The Balaban J connectivity index is 1.85. The van der Waals surface area contributed by atoms with Crippen molar-refractivity contribution in [2.24, 2.45) is 0 Å². The van der Waals surface area contributed by atoms with Crippen LogP contribution >= 0.6 is 23.4 Å². The third-order valence-electron chi connectivity index (χ3n) is 4.57. The predicted molar refractivity (Wildman–Crippen MR) is 106 cm³/mol. The number of benzene rings is 2. The van der Waals surface area contributed by atoms with Gasteiger partial charge in [0.05, 0.1) is 6.04 Å². The zero-order chi connectivity index (χ0) is 18.5. The van der Waals surface area contributed by atoms with E-state index in [1.807, 2.05) is 36.0 Å². The Morgan fingerprint density at radius 1 is 1.23 bits per heavy atom. The Labute approximate surface area is 162 Å². The van der Waals surface area contributed by atoms with E-state index >= 15 is 0 Å². The van der Waals surface area contributed by atoms with Gasteiger partial charge in [-0.1, -0.05) is 35.9 Å². The molecule has 0 radical (unpaired) electrons. The second kappa shape index (κ2) is 8.89. The third kappa shape index (κ3) is 4.78. The van der Waals surface area contributed by atoms with Crippen LogP contribution in [-0.2, 0) is 4.79 Å². The number of hydrogen-bond donors (Lipinski definition) is 1. The van der Waals surface area contributed by atoms with E-state index < -0.39 is 0 Å².